The standard InChI is InChI=1S/C12H18FNO2/c1-6-8(12(3,4)14)10(15)11(16-5)7(2)9(6)13/h15H,14H2,1-5H3. The van der Waals surface area contributed by atoms with E-state index in [1.54, 1.807) is 27.7 Å². The van der Waals surface area contributed by atoms with Gasteiger partial charge in [0, 0.05) is 16.7 Å². The van der Waals surface area contributed by atoms with Crippen LogP contribution in [0.5, 0.6) is 11.5 Å². The van der Waals surface area contributed by atoms with Crippen LogP contribution in [-0.4, -0.2) is 12.2 Å². The molecule has 3 nitrogen and oxygen atoms in total. The van der Waals surface area contributed by atoms with E-state index in [1.807, 2.05) is 0 Å². The Kier molecular flexibility index (Phi) is 3.15. The van der Waals surface area contributed by atoms with Crippen LogP contribution in [0.25, 0.3) is 0 Å². The molecular formula is C12H18FNO2. The van der Waals surface area contributed by atoms with Gasteiger partial charge in [-0.3, -0.25) is 0 Å². The molecule has 0 radical (unpaired) electrons. The highest BCUT2D eigenvalue weighted by Gasteiger charge is 2.28. The highest BCUT2D eigenvalue weighted by atomic mass is 19.1. The average molecular weight is 227 g/mol. The van der Waals surface area contributed by atoms with Crippen LogP contribution in [-0.2, 0) is 5.54 Å². The number of phenolic OH excluding ortho intramolecular Hbond substituents is 1. The largest absolute Gasteiger partial charge is 0.504 e. The lowest BCUT2D eigenvalue weighted by molar-refractivity contribution is 0.354. The normalized spacial score (nSPS) is 11.7. The third kappa shape index (κ3) is 1.85. The van der Waals surface area contributed by atoms with Gasteiger partial charge in [-0.25, -0.2) is 4.39 Å². The van der Waals surface area contributed by atoms with Gasteiger partial charge in [0.25, 0.3) is 0 Å². The molecule has 1 aromatic rings. The van der Waals surface area contributed by atoms with Gasteiger partial charge in [0.05, 0.1) is 7.11 Å². The number of hydrogen-bond donors (Lipinski definition) is 2. The summed E-state index contributed by atoms with van der Waals surface area (Å²) in [6.45, 7) is 6.59. The minimum atomic E-state index is -0.823. The van der Waals surface area contributed by atoms with E-state index in [4.69, 9.17) is 10.5 Å². The van der Waals surface area contributed by atoms with Gasteiger partial charge in [-0.15, -0.1) is 0 Å². The van der Waals surface area contributed by atoms with Crippen molar-refractivity contribution in [1.29, 1.82) is 0 Å². The van der Waals surface area contributed by atoms with E-state index in [2.05, 4.69) is 0 Å². The van der Waals surface area contributed by atoms with Gasteiger partial charge in [-0.05, 0) is 33.3 Å². The molecule has 0 aliphatic heterocycles. The summed E-state index contributed by atoms with van der Waals surface area (Å²) in [4.78, 5) is 0. The number of nitrogens with two attached hydrogens (primary N) is 1. The van der Waals surface area contributed by atoms with E-state index in [0.717, 1.165) is 0 Å². The van der Waals surface area contributed by atoms with E-state index in [1.165, 1.54) is 7.11 Å². The van der Waals surface area contributed by atoms with Crippen molar-refractivity contribution in [2.45, 2.75) is 33.2 Å². The number of halogens is 1. The Labute approximate surface area is 95.0 Å². The SMILES string of the molecule is COc1c(C)c(F)c(C)c(C(C)(C)N)c1O. The van der Waals surface area contributed by atoms with Crippen molar-refractivity contribution in [1.82, 2.24) is 0 Å². The smallest absolute Gasteiger partial charge is 0.166 e. The summed E-state index contributed by atoms with van der Waals surface area (Å²) in [5, 5.41) is 10.0. The van der Waals surface area contributed by atoms with Gasteiger partial charge in [-0.2, -0.15) is 0 Å². The molecule has 0 aromatic heterocycles. The molecule has 16 heavy (non-hydrogen) atoms. The number of aromatic hydroxyl groups is 1. The summed E-state index contributed by atoms with van der Waals surface area (Å²) < 4.78 is 18.9. The fraction of sp³-hybridized carbons (Fsp3) is 0.500. The molecule has 1 rings (SSSR count). The van der Waals surface area contributed by atoms with Crippen molar-refractivity contribution < 1.29 is 14.2 Å². The summed E-state index contributed by atoms with van der Waals surface area (Å²) in [5.74, 6) is -0.314. The third-order valence-corrected chi connectivity index (χ3v) is 2.67. The molecule has 0 spiro atoms. The maximum Gasteiger partial charge on any atom is 0.166 e. The zero-order valence-electron chi connectivity index (χ0n) is 10.3. The Balaban J connectivity index is 3.69. The second kappa shape index (κ2) is 3.94. The van der Waals surface area contributed by atoms with Gasteiger partial charge < -0.3 is 15.6 Å². The van der Waals surface area contributed by atoms with E-state index in [-0.39, 0.29) is 17.3 Å². The summed E-state index contributed by atoms with van der Waals surface area (Å²) >= 11 is 0. The molecule has 0 bridgehead atoms. The molecular weight excluding hydrogens is 209 g/mol. The molecule has 0 fully saturated rings. The maximum absolute atomic E-state index is 13.9. The first-order valence-corrected chi connectivity index (χ1v) is 5.06. The Morgan fingerprint density at radius 3 is 2.12 bits per heavy atom. The lowest BCUT2D eigenvalue weighted by Crippen LogP contribution is -2.30. The lowest BCUT2D eigenvalue weighted by Gasteiger charge is -2.25. The predicted molar refractivity (Wildman–Crippen MR) is 61.3 cm³/mol. The number of benzene rings is 1. The molecule has 4 heteroatoms. The molecule has 1 aromatic carbocycles. The summed E-state index contributed by atoms with van der Waals surface area (Å²) in [7, 11) is 1.39. The lowest BCUT2D eigenvalue weighted by atomic mass is 9.88. The highest BCUT2D eigenvalue weighted by molar-refractivity contribution is 5.57. The van der Waals surface area contributed by atoms with E-state index < -0.39 is 5.54 Å². The van der Waals surface area contributed by atoms with Crippen LogP contribution in [0.2, 0.25) is 0 Å². The molecule has 0 unspecified atom stereocenters. The first kappa shape index (κ1) is 12.8. The Hall–Kier alpha value is -1.29. The maximum atomic E-state index is 13.9. The zero-order chi connectivity index (χ0) is 12.7. The Bertz CT molecular complexity index is 422. The van der Waals surface area contributed by atoms with Crippen molar-refractivity contribution in [3.05, 3.63) is 22.5 Å². The first-order valence-electron chi connectivity index (χ1n) is 5.06. The molecule has 0 aliphatic rings. The van der Waals surface area contributed by atoms with Crippen LogP contribution in [0.1, 0.15) is 30.5 Å². The number of rotatable bonds is 2. The van der Waals surface area contributed by atoms with E-state index in [9.17, 15) is 9.50 Å². The number of methoxy groups -OCH3 is 1. The van der Waals surface area contributed by atoms with Gasteiger partial charge in [0.2, 0.25) is 0 Å². The number of ether oxygens (including phenoxy) is 1. The highest BCUT2D eigenvalue weighted by Crippen LogP contribution is 2.41. The second-order valence-electron chi connectivity index (χ2n) is 4.54. The van der Waals surface area contributed by atoms with Crippen LogP contribution in [0.4, 0.5) is 4.39 Å². The summed E-state index contributed by atoms with van der Waals surface area (Å²) in [6.07, 6.45) is 0. The number of hydrogen-bond acceptors (Lipinski definition) is 3. The minimum absolute atomic E-state index is 0.0774. The zero-order valence-corrected chi connectivity index (χ0v) is 10.3. The van der Waals surface area contributed by atoms with Crippen LogP contribution < -0.4 is 10.5 Å². The Morgan fingerprint density at radius 1 is 1.25 bits per heavy atom. The molecule has 0 atom stereocenters. The van der Waals surface area contributed by atoms with Gasteiger partial charge in [0.15, 0.2) is 11.5 Å². The van der Waals surface area contributed by atoms with Crippen LogP contribution in [0, 0.1) is 19.7 Å². The van der Waals surface area contributed by atoms with E-state index >= 15 is 0 Å². The molecule has 0 amide bonds. The van der Waals surface area contributed by atoms with Gasteiger partial charge in [-0.1, -0.05) is 0 Å². The topological polar surface area (TPSA) is 55.5 Å². The van der Waals surface area contributed by atoms with Crippen molar-refractivity contribution in [3.63, 3.8) is 0 Å². The molecule has 90 valence electrons. The van der Waals surface area contributed by atoms with Gasteiger partial charge in [0.1, 0.15) is 5.82 Å². The van der Waals surface area contributed by atoms with Crippen LogP contribution in [0.3, 0.4) is 0 Å². The second-order valence-corrected chi connectivity index (χ2v) is 4.54. The van der Waals surface area contributed by atoms with Crippen molar-refractivity contribution >= 4 is 0 Å². The van der Waals surface area contributed by atoms with Crippen molar-refractivity contribution in [3.8, 4) is 11.5 Å². The quantitative estimate of drug-likeness (QED) is 0.815. The first-order chi connectivity index (χ1) is 7.21. The van der Waals surface area contributed by atoms with Gasteiger partial charge >= 0.3 is 0 Å². The summed E-state index contributed by atoms with van der Waals surface area (Å²) in [6, 6.07) is 0. The van der Waals surface area contributed by atoms with Crippen LogP contribution >= 0.6 is 0 Å². The fourth-order valence-electron chi connectivity index (χ4n) is 2.00. The van der Waals surface area contributed by atoms with E-state index in [0.29, 0.717) is 16.7 Å². The molecule has 0 aliphatic carbocycles. The molecule has 3 N–H and O–H groups in total. The van der Waals surface area contributed by atoms with Crippen molar-refractivity contribution in [2.24, 2.45) is 5.73 Å². The van der Waals surface area contributed by atoms with Crippen LogP contribution in [0.15, 0.2) is 0 Å². The minimum Gasteiger partial charge on any atom is -0.504 e. The summed E-state index contributed by atoms with van der Waals surface area (Å²) in [5.41, 5.74) is 6.14. The number of phenols is 1. The average Bonchev–Trinajstić information content (AvgIpc) is 2.13. The fourth-order valence-corrected chi connectivity index (χ4v) is 2.00. The molecule has 0 heterocycles. The molecule has 0 saturated carbocycles. The molecule has 0 saturated heterocycles. The van der Waals surface area contributed by atoms with Crippen molar-refractivity contribution in [2.75, 3.05) is 7.11 Å². The third-order valence-electron chi connectivity index (χ3n) is 2.67. The Morgan fingerprint density at radius 2 is 1.75 bits per heavy atom. The monoisotopic (exact) mass is 227 g/mol. The predicted octanol–water partition coefficient (Wildman–Crippen LogP) is 2.35.